The Balaban J connectivity index is 2.26. The van der Waals surface area contributed by atoms with Crippen LogP contribution in [0.5, 0.6) is 0 Å². The number of hydrogen-bond donors (Lipinski definition) is 1. The highest BCUT2D eigenvalue weighted by Crippen LogP contribution is 2.18. The van der Waals surface area contributed by atoms with Crippen molar-refractivity contribution in [3.05, 3.63) is 0 Å². The summed E-state index contributed by atoms with van der Waals surface area (Å²) >= 11 is 0. The molecule has 0 aromatic rings. The van der Waals surface area contributed by atoms with Gasteiger partial charge in [0.2, 0.25) is 0 Å². The van der Waals surface area contributed by atoms with Crippen LogP contribution >= 0.6 is 0 Å². The lowest BCUT2D eigenvalue weighted by Gasteiger charge is -2.35. The smallest absolute Gasteiger partial charge is 0.0729 e. The molecule has 0 spiro atoms. The summed E-state index contributed by atoms with van der Waals surface area (Å²) < 4.78 is 5.94. The molecule has 0 aliphatic carbocycles. The minimum Gasteiger partial charge on any atom is -0.375 e. The number of nitrogens with zero attached hydrogens (tertiary/aromatic N) is 1. The van der Waals surface area contributed by atoms with Gasteiger partial charge in [0.05, 0.1) is 12.7 Å². The lowest BCUT2D eigenvalue weighted by atomic mass is 9.95. The van der Waals surface area contributed by atoms with Crippen LogP contribution in [0, 0.1) is 0 Å². The number of piperidine rings is 1. The zero-order chi connectivity index (χ0) is 11.3. The molecule has 1 N–H and O–H groups in total. The Labute approximate surface area is 94.2 Å². The third-order valence-electron chi connectivity index (χ3n) is 3.14. The molecule has 0 aromatic heterocycles. The molecule has 90 valence electrons. The number of likely N-dealkylation sites (N-methyl/N-ethyl adjacent to an activating group) is 1. The van der Waals surface area contributed by atoms with Gasteiger partial charge in [-0.1, -0.05) is 6.92 Å². The van der Waals surface area contributed by atoms with Crippen molar-refractivity contribution < 1.29 is 4.74 Å². The molecule has 1 rings (SSSR count). The SMILES string of the molecule is CCC1NC(C)CCC1OCCN(C)C. The first kappa shape index (κ1) is 12.9. The number of nitrogens with one attached hydrogen (secondary N) is 1. The lowest BCUT2D eigenvalue weighted by molar-refractivity contribution is -0.00556. The number of rotatable bonds is 5. The third-order valence-corrected chi connectivity index (χ3v) is 3.14. The van der Waals surface area contributed by atoms with E-state index in [-0.39, 0.29) is 0 Å². The first-order valence-electron chi connectivity index (χ1n) is 6.15. The molecular formula is C12H26N2O. The highest BCUT2D eigenvalue weighted by atomic mass is 16.5. The third kappa shape index (κ3) is 4.49. The van der Waals surface area contributed by atoms with Crippen molar-refractivity contribution in [1.29, 1.82) is 0 Å². The molecule has 15 heavy (non-hydrogen) atoms. The summed E-state index contributed by atoms with van der Waals surface area (Å²) in [4.78, 5) is 2.17. The van der Waals surface area contributed by atoms with Crippen molar-refractivity contribution in [1.82, 2.24) is 10.2 Å². The van der Waals surface area contributed by atoms with Crippen LogP contribution in [0.25, 0.3) is 0 Å². The molecule has 0 aromatic carbocycles. The first-order valence-corrected chi connectivity index (χ1v) is 6.15. The monoisotopic (exact) mass is 214 g/mol. The Morgan fingerprint density at radius 1 is 1.33 bits per heavy atom. The molecule has 1 aliphatic rings. The van der Waals surface area contributed by atoms with Gasteiger partial charge in [-0.2, -0.15) is 0 Å². The molecule has 1 fully saturated rings. The second-order valence-electron chi connectivity index (χ2n) is 4.87. The Hall–Kier alpha value is -0.120. The van der Waals surface area contributed by atoms with Gasteiger partial charge in [-0.05, 0) is 40.3 Å². The predicted octanol–water partition coefficient (Wildman–Crippen LogP) is 1.48. The second kappa shape index (κ2) is 6.46. The van der Waals surface area contributed by atoms with Crippen molar-refractivity contribution in [3.63, 3.8) is 0 Å². The summed E-state index contributed by atoms with van der Waals surface area (Å²) in [6, 6.07) is 1.21. The Morgan fingerprint density at radius 2 is 2.07 bits per heavy atom. The van der Waals surface area contributed by atoms with Gasteiger partial charge in [0.1, 0.15) is 0 Å². The van der Waals surface area contributed by atoms with Crippen molar-refractivity contribution in [2.75, 3.05) is 27.2 Å². The standard InChI is InChI=1S/C12H26N2O/c1-5-11-12(7-6-10(2)13-11)15-9-8-14(3)4/h10-13H,5-9H2,1-4H3. The van der Waals surface area contributed by atoms with Crippen molar-refractivity contribution in [3.8, 4) is 0 Å². The fourth-order valence-corrected chi connectivity index (χ4v) is 2.14. The van der Waals surface area contributed by atoms with E-state index >= 15 is 0 Å². The van der Waals surface area contributed by atoms with Crippen molar-refractivity contribution in [2.24, 2.45) is 0 Å². The van der Waals surface area contributed by atoms with Crippen LogP contribution in [0.15, 0.2) is 0 Å². The van der Waals surface area contributed by atoms with Gasteiger partial charge < -0.3 is 15.0 Å². The average Bonchev–Trinajstić information content (AvgIpc) is 2.19. The molecule has 3 unspecified atom stereocenters. The summed E-state index contributed by atoms with van der Waals surface area (Å²) in [6.45, 7) is 6.36. The largest absolute Gasteiger partial charge is 0.375 e. The van der Waals surface area contributed by atoms with Crippen LogP contribution in [-0.4, -0.2) is 50.3 Å². The zero-order valence-electron chi connectivity index (χ0n) is 10.6. The van der Waals surface area contributed by atoms with E-state index in [0.29, 0.717) is 18.2 Å². The maximum absolute atomic E-state index is 5.94. The highest BCUT2D eigenvalue weighted by Gasteiger charge is 2.26. The first-order chi connectivity index (χ1) is 7.13. The minimum absolute atomic E-state index is 0.422. The number of hydrogen-bond acceptors (Lipinski definition) is 3. The summed E-state index contributed by atoms with van der Waals surface area (Å²) in [7, 11) is 4.17. The van der Waals surface area contributed by atoms with Crippen molar-refractivity contribution >= 4 is 0 Å². The normalized spacial score (nSPS) is 32.2. The lowest BCUT2D eigenvalue weighted by Crippen LogP contribution is -2.50. The highest BCUT2D eigenvalue weighted by molar-refractivity contribution is 4.85. The van der Waals surface area contributed by atoms with Gasteiger partial charge >= 0.3 is 0 Å². The quantitative estimate of drug-likeness (QED) is 0.750. The van der Waals surface area contributed by atoms with Gasteiger partial charge in [0, 0.05) is 18.6 Å². The molecular weight excluding hydrogens is 188 g/mol. The Kier molecular flexibility index (Phi) is 5.58. The maximum atomic E-state index is 5.94. The summed E-state index contributed by atoms with van der Waals surface area (Å²) in [5.74, 6) is 0. The van der Waals surface area contributed by atoms with Gasteiger partial charge in [0.15, 0.2) is 0 Å². The van der Waals surface area contributed by atoms with Crippen molar-refractivity contribution in [2.45, 2.75) is 51.3 Å². The van der Waals surface area contributed by atoms with Gasteiger partial charge in [-0.25, -0.2) is 0 Å². The van der Waals surface area contributed by atoms with Crippen LogP contribution in [0.3, 0.4) is 0 Å². The predicted molar refractivity (Wildman–Crippen MR) is 64.2 cm³/mol. The minimum atomic E-state index is 0.422. The van der Waals surface area contributed by atoms with Crippen LogP contribution in [0.4, 0.5) is 0 Å². The van der Waals surface area contributed by atoms with Gasteiger partial charge in [-0.3, -0.25) is 0 Å². The molecule has 1 aliphatic heterocycles. The van der Waals surface area contributed by atoms with E-state index in [2.05, 4.69) is 38.2 Å². The number of ether oxygens (including phenoxy) is 1. The van der Waals surface area contributed by atoms with Crippen LogP contribution in [0.1, 0.15) is 33.1 Å². The van der Waals surface area contributed by atoms with Crippen LogP contribution < -0.4 is 5.32 Å². The van der Waals surface area contributed by atoms with E-state index in [9.17, 15) is 0 Å². The average molecular weight is 214 g/mol. The fraction of sp³-hybridized carbons (Fsp3) is 1.00. The molecule has 1 saturated heterocycles. The molecule has 0 saturated carbocycles. The van der Waals surface area contributed by atoms with Gasteiger partial charge in [0.25, 0.3) is 0 Å². The van der Waals surface area contributed by atoms with Crippen LogP contribution in [-0.2, 0) is 4.74 Å². The Bertz CT molecular complexity index is 173. The summed E-state index contributed by atoms with van der Waals surface area (Å²) in [5.41, 5.74) is 0. The molecule has 0 bridgehead atoms. The van der Waals surface area contributed by atoms with Crippen LogP contribution in [0.2, 0.25) is 0 Å². The fourth-order valence-electron chi connectivity index (χ4n) is 2.14. The molecule has 3 atom stereocenters. The molecule has 3 nitrogen and oxygen atoms in total. The second-order valence-corrected chi connectivity index (χ2v) is 4.87. The van der Waals surface area contributed by atoms with E-state index in [1.807, 2.05) is 0 Å². The Morgan fingerprint density at radius 3 is 2.67 bits per heavy atom. The molecule has 1 heterocycles. The van der Waals surface area contributed by atoms with E-state index in [1.165, 1.54) is 12.8 Å². The summed E-state index contributed by atoms with van der Waals surface area (Å²) in [6.07, 6.45) is 4.03. The van der Waals surface area contributed by atoms with E-state index in [0.717, 1.165) is 19.6 Å². The zero-order valence-corrected chi connectivity index (χ0v) is 10.6. The van der Waals surface area contributed by atoms with E-state index < -0.39 is 0 Å². The summed E-state index contributed by atoms with van der Waals surface area (Å²) in [5, 5.41) is 3.62. The van der Waals surface area contributed by atoms with Gasteiger partial charge in [-0.15, -0.1) is 0 Å². The molecule has 3 heteroatoms. The van der Waals surface area contributed by atoms with E-state index in [1.54, 1.807) is 0 Å². The topological polar surface area (TPSA) is 24.5 Å². The van der Waals surface area contributed by atoms with E-state index in [4.69, 9.17) is 4.74 Å². The molecule has 0 amide bonds. The molecule has 0 radical (unpaired) electrons. The maximum Gasteiger partial charge on any atom is 0.0729 e.